The highest BCUT2D eigenvalue weighted by Gasteiger charge is 2.22. The summed E-state index contributed by atoms with van der Waals surface area (Å²) in [6.45, 7) is 3.51. The zero-order chi connectivity index (χ0) is 19.3. The maximum Gasteiger partial charge on any atom is 0.245 e. The largest absolute Gasteiger partial charge is 0.324 e. The smallest absolute Gasteiger partial charge is 0.245 e. The van der Waals surface area contributed by atoms with E-state index in [1.165, 1.54) is 6.07 Å². The average molecular weight is 371 g/mol. The van der Waals surface area contributed by atoms with Crippen molar-refractivity contribution in [2.45, 2.75) is 20.3 Å². The van der Waals surface area contributed by atoms with E-state index in [-0.39, 0.29) is 12.2 Å². The number of hydrogen-bond donors (Lipinski definition) is 1. The Hall–Kier alpha value is -2.85. The summed E-state index contributed by atoms with van der Waals surface area (Å²) >= 11 is 0. The molecule has 0 fully saturated rings. The SMILES string of the molecule is CCc1cccc(C)c1NC(=O)CN(c1cccc(C#N)c1)S(C)(=O)=O. The van der Waals surface area contributed by atoms with Gasteiger partial charge in [-0.3, -0.25) is 9.10 Å². The normalized spacial score (nSPS) is 10.8. The van der Waals surface area contributed by atoms with Crippen LogP contribution in [0.2, 0.25) is 0 Å². The minimum atomic E-state index is -3.69. The number of hydrogen-bond acceptors (Lipinski definition) is 4. The highest BCUT2D eigenvalue weighted by molar-refractivity contribution is 7.92. The quantitative estimate of drug-likeness (QED) is 0.845. The van der Waals surface area contributed by atoms with Crippen molar-refractivity contribution in [1.82, 2.24) is 0 Å². The van der Waals surface area contributed by atoms with Crippen molar-refractivity contribution in [2.24, 2.45) is 0 Å². The van der Waals surface area contributed by atoms with E-state index in [9.17, 15) is 13.2 Å². The first kappa shape index (κ1) is 19.5. The molecule has 0 heterocycles. The summed E-state index contributed by atoms with van der Waals surface area (Å²) in [5.41, 5.74) is 3.20. The predicted molar refractivity (Wildman–Crippen MR) is 103 cm³/mol. The van der Waals surface area contributed by atoms with Crippen LogP contribution in [0, 0.1) is 18.3 Å². The van der Waals surface area contributed by atoms with Gasteiger partial charge in [-0.15, -0.1) is 0 Å². The minimum absolute atomic E-state index is 0.280. The van der Waals surface area contributed by atoms with Crippen LogP contribution in [0.25, 0.3) is 0 Å². The van der Waals surface area contributed by atoms with E-state index >= 15 is 0 Å². The molecule has 6 nitrogen and oxygen atoms in total. The molecule has 2 aromatic carbocycles. The Morgan fingerprint density at radius 3 is 2.54 bits per heavy atom. The van der Waals surface area contributed by atoms with E-state index in [1.807, 2.05) is 38.1 Å². The molecule has 0 atom stereocenters. The molecule has 0 unspecified atom stereocenters. The molecule has 0 aliphatic heterocycles. The molecule has 0 radical (unpaired) electrons. The van der Waals surface area contributed by atoms with Crippen LogP contribution in [-0.2, 0) is 21.2 Å². The molecule has 7 heteroatoms. The van der Waals surface area contributed by atoms with Gasteiger partial charge in [0, 0.05) is 5.69 Å². The van der Waals surface area contributed by atoms with Gasteiger partial charge >= 0.3 is 0 Å². The van der Waals surface area contributed by atoms with Crippen molar-refractivity contribution in [1.29, 1.82) is 5.26 Å². The Kier molecular flexibility index (Phi) is 6.01. The van der Waals surface area contributed by atoms with E-state index in [4.69, 9.17) is 5.26 Å². The third kappa shape index (κ3) is 4.61. The molecule has 2 aromatic rings. The van der Waals surface area contributed by atoms with Crippen molar-refractivity contribution >= 4 is 27.3 Å². The number of sulfonamides is 1. The van der Waals surface area contributed by atoms with Crippen LogP contribution in [-0.4, -0.2) is 27.1 Å². The van der Waals surface area contributed by atoms with E-state index in [0.29, 0.717) is 11.3 Å². The van der Waals surface area contributed by atoms with Gasteiger partial charge in [0.1, 0.15) is 6.54 Å². The summed E-state index contributed by atoms with van der Waals surface area (Å²) in [5.74, 6) is -0.443. The molecule has 0 spiro atoms. The molecular formula is C19H21N3O3S. The number of para-hydroxylation sites is 1. The Morgan fingerprint density at radius 1 is 1.23 bits per heavy atom. The van der Waals surface area contributed by atoms with Crippen molar-refractivity contribution in [2.75, 3.05) is 22.4 Å². The number of aryl methyl sites for hydroxylation is 2. The predicted octanol–water partition coefficient (Wildman–Crippen LogP) is 2.83. The molecule has 0 bridgehead atoms. The summed E-state index contributed by atoms with van der Waals surface area (Å²) in [5, 5.41) is 11.8. The van der Waals surface area contributed by atoms with Gasteiger partial charge in [-0.2, -0.15) is 5.26 Å². The van der Waals surface area contributed by atoms with Crippen LogP contribution in [0.15, 0.2) is 42.5 Å². The van der Waals surface area contributed by atoms with Gasteiger partial charge in [-0.1, -0.05) is 31.2 Å². The van der Waals surface area contributed by atoms with E-state index in [2.05, 4.69) is 5.32 Å². The fourth-order valence-corrected chi connectivity index (χ4v) is 3.49. The summed E-state index contributed by atoms with van der Waals surface area (Å²) < 4.78 is 25.3. The van der Waals surface area contributed by atoms with Gasteiger partial charge in [0.2, 0.25) is 15.9 Å². The molecule has 0 aliphatic carbocycles. The van der Waals surface area contributed by atoms with Crippen LogP contribution in [0.5, 0.6) is 0 Å². The van der Waals surface area contributed by atoms with Gasteiger partial charge in [-0.25, -0.2) is 8.42 Å². The minimum Gasteiger partial charge on any atom is -0.324 e. The Labute approximate surface area is 154 Å². The number of nitrogens with zero attached hydrogens (tertiary/aromatic N) is 2. The second kappa shape index (κ2) is 8.02. The number of benzene rings is 2. The first-order valence-electron chi connectivity index (χ1n) is 8.12. The molecule has 1 amide bonds. The average Bonchev–Trinajstić information content (AvgIpc) is 2.60. The summed E-state index contributed by atoms with van der Waals surface area (Å²) in [7, 11) is -3.69. The lowest BCUT2D eigenvalue weighted by atomic mass is 10.1. The lowest BCUT2D eigenvalue weighted by Crippen LogP contribution is -2.37. The number of anilines is 2. The van der Waals surface area contributed by atoms with Crippen LogP contribution in [0.4, 0.5) is 11.4 Å². The molecule has 26 heavy (non-hydrogen) atoms. The van der Waals surface area contributed by atoms with Crippen LogP contribution >= 0.6 is 0 Å². The lowest BCUT2D eigenvalue weighted by Gasteiger charge is -2.22. The summed E-state index contributed by atoms with van der Waals surface area (Å²) in [6.07, 6.45) is 1.78. The van der Waals surface area contributed by atoms with Gasteiger partial charge < -0.3 is 5.32 Å². The molecule has 1 N–H and O–H groups in total. The number of amides is 1. The second-order valence-corrected chi connectivity index (χ2v) is 7.85. The number of nitriles is 1. The van der Waals surface area contributed by atoms with Crippen molar-refractivity contribution in [3.05, 3.63) is 59.2 Å². The standard InChI is InChI=1S/C19H21N3O3S/c1-4-16-9-5-7-14(2)19(16)21-18(23)13-22(26(3,24)25)17-10-6-8-15(11-17)12-20/h5-11H,4,13H2,1-3H3,(H,21,23). The number of carbonyl (C=O) groups excluding carboxylic acids is 1. The maximum atomic E-state index is 12.5. The van der Waals surface area contributed by atoms with Crippen LogP contribution in [0.3, 0.4) is 0 Å². The molecule has 136 valence electrons. The van der Waals surface area contributed by atoms with Crippen molar-refractivity contribution in [3.8, 4) is 6.07 Å². The van der Waals surface area contributed by atoms with Gasteiger partial charge in [0.25, 0.3) is 0 Å². The lowest BCUT2D eigenvalue weighted by molar-refractivity contribution is -0.114. The molecule has 2 rings (SSSR count). The fourth-order valence-electron chi connectivity index (χ4n) is 2.64. The zero-order valence-electron chi connectivity index (χ0n) is 15.0. The Bertz CT molecular complexity index is 962. The van der Waals surface area contributed by atoms with Crippen molar-refractivity contribution in [3.63, 3.8) is 0 Å². The van der Waals surface area contributed by atoms with E-state index in [0.717, 1.165) is 28.1 Å². The second-order valence-electron chi connectivity index (χ2n) is 5.94. The third-order valence-corrected chi connectivity index (χ3v) is 5.10. The molecule has 0 aromatic heterocycles. The topological polar surface area (TPSA) is 90.3 Å². The van der Waals surface area contributed by atoms with Crippen molar-refractivity contribution < 1.29 is 13.2 Å². The van der Waals surface area contributed by atoms with E-state index < -0.39 is 15.9 Å². The number of carbonyl (C=O) groups is 1. The number of rotatable bonds is 6. The highest BCUT2D eigenvalue weighted by Crippen LogP contribution is 2.22. The monoisotopic (exact) mass is 371 g/mol. The maximum absolute atomic E-state index is 12.5. The Balaban J connectivity index is 2.30. The van der Waals surface area contributed by atoms with Gasteiger partial charge in [0.05, 0.1) is 23.6 Å². The zero-order valence-corrected chi connectivity index (χ0v) is 15.8. The molecule has 0 saturated heterocycles. The van der Waals surface area contributed by atoms with Gasteiger partial charge in [0.15, 0.2) is 0 Å². The number of nitrogens with one attached hydrogen (secondary N) is 1. The first-order valence-corrected chi connectivity index (χ1v) is 9.97. The summed E-state index contributed by atoms with van der Waals surface area (Å²) in [6, 6.07) is 13.9. The molecule has 0 aliphatic rings. The fraction of sp³-hybridized carbons (Fsp3) is 0.263. The molecule has 0 saturated carbocycles. The highest BCUT2D eigenvalue weighted by atomic mass is 32.2. The Morgan fingerprint density at radius 2 is 1.92 bits per heavy atom. The van der Waals surface area contributed by atoms with E-state index in [1.54, 1.807) is 18.2 Å². The van der Waals surface area contributed by atoms with Crippen LogP contribution in [0.1, 0.15) is 23.6 Å². The summed E-state index contributed by atoms with van der Waals surface area (Å²) in [4.78, 5) is 12.5. The first-order chi connectivity index (χ1) is 12.3. The third-order valence-electron chi connectivity index (χ3n) is 3.96. The van der Waals surface area contributed by atoms with Crippen LogP contribution < -0.4 is 9.62 Å². The molecular weight excluding hydrogens is 350 g/mol. The van der Waals surface area contributed by atoms with Gasteiger partial charge in [-0.05, 0) is 42.7 Å².